The molecule has 0 unspecified atom stereocenters. The Kier molecular flexibility index (Phi) is 4.83. The van der Waals surface area contributed by atoms with Gasteiger partial charge in [0.05, 0.1) is 6.54 Å². The fourth-order valence-corrected chi connectivity index (χ4v) is 3.74. The number of benzene rings is 1. The van der Waals surface area contributed by atoms with Gasteiger partial charge in [0.1, 0.15) is 0 Å². The first-order valence-corrected chi connectivity index (χ1v) is 7.39. The number of nitrogens with zero attached hydrogens (tertiary/aromatic N) is 1. The second-order valence-corrected chi connectivity index (χ2v) is 6.17. The van der Waals surface area contributed by atoms with Crippen LogP contribution in [-0.2, 0) is 19.4 Å². The van der Waals surface area contributed by atoms with Gasteiger partial charge in [0, 0.05) is 21.2 Å². The monoisotopic (exact) mass is 372 g/mol. The van der Waals surface area contributed by atoms with Gasteiger partial charge in [0.15, 0.2) is 10.6 Å². The molecule has 3 nitrogen and oxygen atoms in total. The predicted octanol–water partition coefficient (Wildman–Crippen LogP) is 3.63. The van der Waals surface area contributed by atoms with Crippen LogP contribution < -0.4 is 4.80 Å². The number of fused-ring (bicyclic) bond motifs is 1. The van der Waals surface area contributed by atoms with Gasteiger partial charge in [-0.15, -0.1) is 28.3 Å². The minimum atomic E-state index is 0. The highest BCUT2D eigenvalue weighted by Crippen LogP contribution is 2.24. The number of ketones is 1. The number of carbonyl (C=O) groups is 1. The van der Waals surface area contributed by atoms with E-state index in [1.54, 1.807) is 24.3 Å². The maximum atomic E-state index is 12.3. The lowest BCUT2D eigenvalue weighted by Crippen LogP contribution is -2.21. The zero-order valence-electron chi connectivity index (χ0n) is 10.7. The van der Waals surface area contributed by atoms with Crippen LogP contribution in [0, 0.1) is 5.41 Å². The maximum Gasteiger partial charge on any atom is 0.182 e. The number of aryl methyl sites for hydroxylation is 1. The standard InChI is InChI=1S/C14H13ClN2OS.BrH/c15-10-4-1-3-9(7-10)12(18)8-17-11-5-2-6-13(11)19-14(17)16;/h1,3-4,7,16H,2,5-6,8H2;1H. The first-order valence-electron chi connectivity index (χ1n) is 6.20. The molecule has 1 heterocycles. The Morgan fingerprint density at radius 2 is 2.20 bits per heavy atom. The number of thiazole rings is 1. The van der Waals surface area contributed by atoms with Crippen LogP contribution in [-0.4, -0.2) is 10.4 Å². The summed E-state index contributed by atoms with van der Waals surface area (Å²) in [7, 11) is 0. The molecule has 1 aromatic carbocycles. The molecule has 0 fully saturated rings. The summed E-state index contributed by atoms with van der Waals surface area (Å²) in [6, 6.07) is 6.98. The predicted molar refractivity (Wildman–Crippen MR) is 86.3 cm³/mol. The van der Waals surface area contributed by atoms with E-state index in [-0.39, 0.29) is 29.3 Å². The van der Waals surface area contributed by atoms with E-state index in [0.29, 0.717) is 15.4 Å². The summed E-state index contributed by atoms with van der Waals surface area (Å²) in [6.07, 6.45) is 3.16. The third-order valence-electron chi connectivity index (χ3n) is 3.38. The van der Waals surface area contributed by atoms with Crippen molar-refractivity contribution >= 4 is 45.7 Å². The van der Waals surface area contributed by atoms with Crippen LogP contribution in [0.4, 0.5) is 0 Å². The van der Waals surface area contributed by atoms with Crippen LogP contribution in [0.2, 0.25) is 5.02 Å². The lowest BCUT2D eigenvalue weighted by Gasteiger charge is -2.06. The molecule has 1 N–H and O–H groups in total. The Bertz CT molecular complexity index is 707. The summed E-state index contributed by atoms with van der Waals surface area (Å²) in [4.78, 5) is 14.0. The van der Waals surface area contributed by atoms with E-state index in [1.165, 1.54) is 21.9 Å². The molecule has 0 bridgehead atoms. The second-order valence-electron chi connectivity index (χ2n) is 4.65. The van der Waals surface area contributed by atoms with Gasteiger partial charge in [-0.3, -0.25) is 10.2 Å². The zero-order chi connectivity index (χ0) is 13.4. The van der Waals surface area contributed by atoms with Crippen LogP contribution >= 0.6 is 39.9 Å². The van der Waals surface area contributed by atoms with Gasteiger partial charge in [-0.05, 0) is 31.4 Å². The fourth-order valence-electron chi connectivity index (χ4n) is 2.45. The van der Waals surface area contributed by atoms with Gasteiger partial charge in [0.25, 0.3) is 0 Å². The van der Waals surface area contributed by atoms with E-state index in [9.17, 15) is 4.79 Å². The molecule has 1 aromatic heterocycles. The van der Waals surface area contributed by atoms with Crippen molar-refractivity contribution < 1.29 is 4.79 Å². The van der Waals surface area contributed by atoms with E-state index in [0.717, 1.165) is 19.3 Å². The SMILES string of the molecule is Br.N=c1sc2c(n1CC(=O)c1cccc(Cl)c1)CCC2. The summed E-state index contributed by atoms with van der Waals surface area (Å²) < 4.78 is 1.84. The number of hydrogen-bond donors (Lipinski definition) is 1. The molecule has 20 heavy (non-hydrogen) atoms. The average Bonchev–Trinajstić information content (AvgIpc) is 2.93. The van der Waals surface area contributed by atoms with Crippen molar-refractivity contribution in [2.45, 2.75) is 25.8 Å². The Morgan fingerprint density at radius 1 is 1.40 bits per heavy atom. The number of hydrogen-bond acceptors (Lipinski definition) is 3. The van der Waals surface area contributed by atoms with Crippen molar-refractivity contribution in [3.63, 3.8) is 0 Å². The molecule has 0 spiro atoms. The molecular weight excluding hydrogens is 360 g/mol. The molecule has 0 radical (unpaired) electrons. The highest BCUT2D eigenvalue weighted by Gasteiger charge is 2.20. The quantitative estimate of drug-likeness (QED) is 0.820. The lowest BCUT2D eigenvalue weighted by atomic mass is 10.1. The smallest absolute Gasteiger partial charge is 0.182 e. The van der Waals surface area contributed by atoms with Crippen LogP contribution in [0.3, 0.4) is 0 Å². The van der Waals surface area contributed by atoms with Crippen LogP contribution in [0.1, 0.15) is 27.3 Å². The van der Waals surface area contributed by atoms with Crippen molar-refractivity contribution in [3.05, 3.63) is 50.2 Å². The number of carbonyl (C=O) groups excluding carboxylic acids is 1. The number of Topliss-reactive ketones (excluding diaryl/α,β-unsaturated/α-hetero) is 1. The summed E-state index contributed by atoms with van der Waals surface area (Å²) in [5.41, 5.74) is 1.78. The zero-order valence-corrected chi connectivity index (χ0v) is 14.0. The normalized spacial score (nSPS) is 12.8. The van der Waals surface area contributed by atoms with Gasteiger partial charge >= 0.3 is 0 Å². The van der Waals surface area contributed by atoms with E-state index >= 15 is 0 Å². The Hall–Kier alpha value is -0.910. The molecule has 0 saturated heterocycles. The Morgan fingerprint density at radius 3 is 2.95 bits per heavy atom. The molecular formula is C14H14BrClN2OS. The van der Waals surface area contributed by atoms with Crippen molar-refractivity contribution in [1.29, 1.82) is 5.41 Å². The molecule has 0 atom stereocenters. The molecule has 1 aliphatic carbocycles. The van der Waals surface area contributed by atoms with Crippen molar-refractivity contribution in [3.8, 4) is 0 Å². The topological polar surface area (TPSA) is 45.9 Å². The van der Waals surface area contributed by atoms with Gasteiger partial charge < -0.3 is 4.57 Å². The lowest BCUT2D eigenvalue weighted by molar-refractivity contribution is 0.0970. The maximum absolute atomic E-state index is 12.3. The number of aromatic nitrogens is 1. The highest BCUT2D eigenvalue weighted by atomic mass is 79.9. The summed E-state index contributed by atoms with van der Waals surface area (Å²) in [5, 5.41) is 8.54. The first-order chi connectivity index (χ1) is 9.15. The van der Waals surface area contributed by atoms with Gasteiger partial charge in [-0.2, -0.15) is 0 Å². The van der Waals surface area contributed by atoms with Crippen molar-refractivity contribution in [2.24, 2.45) is 0 Å². The third kappa shape index (κ3) is 2.90. The molecule has 2 aromatic rings. The first kappa shape index (κ1) is 15.5. The van der Waals surface area contributed by atoms with Crippen LogP contribution in [0.5, 0.6) is 0 Å². The van der Waals surface area contributed by atoms with Gasteiger partial charge in [-0.25, -0.2) is 0 Å². The van der Waals surface area contributed by atoms with E-state index in [2.05, 4.69) is 0 Å². The van der Waals surface area contributed by atoms with E-state index in [4.69, 9.17) is 17.0 Å². The van der Waals surface area contributed by atoms with Crippen LogP contribution in [0.15, 0.2) is 24.3 Å². The average molecular weight is 374 g/mol. The molecule has 6 heteroatoms. The molecule has 0 amide bonds. The summed E-state index contributed by atoms with van der Waals surface area (Å²) in [5.74, 6) is 0.00787. The van der Waals surface area contributed by atoms with E-state index in [1.807, 2.05) is 4.57 Å². The van der Waals surface area contributed by atoms with Crippen LogP contribution in [0.25, 0.3) is 0 Å². The Balaban J connectivity index is 0.00000147. The van der Waals surface area contributed by atoms with Gasteiger partial charge in [0.2, 0.25) is 0 Å². The fraction of sp³-hybridized carbons (Fsp3) is 0.286. The van der Waals surface area contributed by atoms with E-state index < -0.39 is 0 Å². The number of nitrogens with one attached hydrogen (secondary N) is 1. The van der Waals surface area contributed by atoms with Crippen molar-refractivity contribution in [2.75, 3.05) is 0 Å². The third-order valence-corrected chi connectivity index (χ3v) is 4.71. The largest absolute Gasteiger partial charge is 0.313 e. The minimum Gasteiger partial charge on any atom is -0.313 e. The molecule has 3 rings (SSSR count). The van der Waals surface area contributed by atoms with Gasteiger partial charge in [-0.1, -0.05) is 23.7 Å². The van der Waals surface area contributed by atoms with Crippen molar-refractivity contribution in [1.82, 2.24) is 4.57 Å². The Labute approximate surface area is 136 Å². The second kappa shape index (κ2) is 6.24. The molecule has 1 aliphatic rings. The number of halogens is 2. The minimum absolute atomic E-state index is 0. The molecule has 0 aliphatic heterocycles. The molecule has 106 valence electrons. The summed E-state index contributed by atoms with van der Waals surface area (Å²) in [6.45, 7) is 0.241. The number of rotatable bonds is 3. The molecule has 0 saturated carbocycles. The highest BCUT2D eigenvalue weighted by molar-refractivity contribution is 8.93. The summed E-state index contributed by atoms with van der Waals surface area (Å²) >= 11 is 7.40.